The van der Waals surface area contributed by atoms with E-state index in [4.69, 9.17) is 9.47 Å². The molecule has 1 heterocycles. The SMILES string of the molecule is COc1cc(/C=N\Nc2nc3ccccc3[nH]2)ccc1OC(=O)C1CC1. The maximum absolute atomic E-state index is 11.8. The maximum atomic E-state index is 11.8. The van der Waals surface area contributed by atoms with Crippen molar-refractivity contribution in [1.82, 2.24) is 9.97 Å². The molecule has 7 heteroatoms. The van der Waals surface area contributed by atoms with E-state index >= 15 is 0 Å². The Morgan fingerprint density at radius 1 is 1.27 bits per heavy atom. The molecule has 0 radical (unpaired) electrons. The van der Waals surface area contributed by atoms with Gasteiger partial charge in [0.2, 0.25) is 5.95 Å². The summed E-state index contributed by atoms with van der Waals surface area (Å²) in [6, 6.07) is 13.0. The van der Waals surface area contributed by atoms with E-state index in [9.17, 15) is 4.79 Å². The minimum Gasteiger partial charge on any atom is -0.493 e. The zero-order valence-corrected chi connectivity index (χ0v) is 14.2. The molecule has 1 fully saturated rings. The van der Waals surface area contributed by atoms with Crippen molar-refractivity contribution in [3.05, 3.63) is 48.0 Å². The van der Waals surface area contributed by atoms with Gasteiger partial charge in [-0.1, -0.05) is 12.1 Å². The second-order valence-corrected chi connectivity index (χ2v) is 6.08. The van der Waals surface area contributed by atoms with Crippen LogP contribution < -0.4 is 14.9 Å². The number of ether oxygens (including phenoxy) is 2. The summed E-state index contributed by atoms with van der Waals surface area (Å²) in [7, 11) is 1.54. The van der Waals surface area contributed by atoms with Crippen molar-refractivity contribution in [3.8, 4) is 11.5 Å². The van der Waals surface area contributed by atoms with Crippen molar-refractivity contribution in [1.29, 1.82) is 0 Å². The molecule has 1 saturated carbocycles. The second-order valence-electron chi connectivity index (χ2n) is 6.08. The van der Waals surface area contributed by atoms with Gasteiger partial charge in [0.05, 0.1) is 30.3 Å². The van der Waals surface area contributed by atoms with Gasteiger partial charge in [0.15, 0.2) is 11.5 Å². The van der Waals surface area contributed by atoms with E-state index in [0.29, 0.717) is 17.4 Å². The van der Waals surface area contributed by atoms with Crippen LogP contribution in [0.5, 0.6) is 11.5 Å². The number of fused-ring (bicyclic) bond motifs is 1. The number of H-pyrrole nitrogens is 1. The monoisotopic (exact) mass is 350 g/mol. The molecule has 1 aromatic heterocycles. The van der Waals surface area contributed by atoms with Crippen molar-refractivity contribution in [2.24, 2.45) is 11.0 Å². The highest BCUT2D eigenvalue weighted by Gasteiger charge is 2.32. The van der Waals surface area contributed by atoms with E-state index in [0.717, 1.165) is 29.4 Å². The van der Waals surface area contributed by atoms with Crippen LogP contribution in [0.1, 0.15) is 18.4 Å². The van der Waals surface area contributed by atoms with Crippen molar-refractivity contribution in [2.75, 3.05) is 12.5 Å². The number of aromatic nitrogens is 2. The molecule has 132 valence electrons. The Morgan fingerprint density at radius 2 is 2.12 bits per heavy atom. The zero-order valence-electron chi connectivity index (χ0n) is 14.2. The number of hydrazone groups is 1. The number of imidazole rings is 1. The second kappa shape index (κ2) is 6.87. The number of benzene rings is 2. The third-order valence-electron chi connectivity index (χ3n) is 4.08. The number of carbonyl (C=O) groups excluding carboxylic acids is 1. The molecule has 0 unspecified atom stereocenters. The summed E-state index contributed by atoms with van der Waals surface area (Å²) in [4.78, 5) is 19.3. The van der Waals surface area contributed by atoms with Gasteiger partial charge < -0.3 is 14.5 Å². The lowest BCUT2D eigenvalue weighted by Crippen LogP contribution is -2.10. The Morgan fingerprint density at radius 3 is 2.88 bits per heavy atom. The summed E-state index contributed by atoms with van der Waals surface area (Å²) in [5, 5.41) is 4.18. The van der Waals surface area contributed by atoms with Crippen LogP contribution in [-0.2, 0) is 4.79 Å². The number of nitrogens with one attached hydrogen (secondary N) is 2. The normalized spacial score (nSPS) is 13.9. The predicted molar refractivity (Wildman–Crippen MR) is 98.7 cm³/mol. The Hall–Kier alpha value is -3.35. The number of hydrogen-bond donors (Lipinski definition) is 2. The number of anilines is 1. The van der Waals surface area contributed by atoms with Crippen LogP contribution in [0.15, 0.2) is 47.6 Å². The number of rotatable bonds is 6. The minimum atomic E-state index is -0.198. The number of nitrogens with zero attached hydrogens (tertiary/aromatic N) is 2. The van der Waals surface area contributed by atoms with Crippen molar-refractivity contribution < 1.29 is 14.3 Å². The highest BCUT2D eigenvalue weighted by molar-refractivity contribution is 5.83. The van der Waals surface area contributed by atoms with E-state index in [1.165, 1.54) is 7.11 Å². The first-order valence-corrected chi connectivity index (χ1v) is 8.36. The number of carbonyl (C=O) groups is 1. The molecule has 7 nitrogen and oxygen atoms in total. The molecule has 2 aromatic carbocycles. The van der Waals surface area contributed by atoms with Gasteiger partial charge in [0.1, 0.15) is 0 Å². The summed E-state index contributed by atoms with van der Waals surface area (Å²) in [5.41, 5.74) is 5.48. The lowest BCUT2D eigenvalue weighted by Gasteiger charge is -2.09. The molecule has 2 N–H and O–H groups in total. The lowest BCUT2D eigenvalue weighted by molar-refractivity contribution is -0.135. The average Bonchev–Trinajstić information content (AvgIpc) is 3.42. The van der Waals surface area contributed by atoms with Crippen LogP contribution >= 0.6 is 0 Å². The molecule has 0 aliphatic heterocycles. The molecule has 0 atom stereocenters. The molecule has 0 bridgehead atoms. The van der Waals surface area contributed by atoms with E-state index in [1.54, 1.807) is 18.3 Å². The number of para-hydroxylation sites is 2. The Bertz CT molecular complexity index is 943. The lowest BCUT2D eigenvalue weighted by atomic mass is 10.2. The third-order valence-corrected chi connectivity index (χ3v) is 4.08. The summed E-state index contributed by atoms with van der Waals surface area (Å²) >= 11 is 0. The number of esters is 1. The van der Waals surface area contributed by atoms with E-state index in [1.807, 2.05) is 30.3 Å². The van der Waals surface area contributed by atoms with Crippen molar-refractivity contribution >= 4 is 29.2 Å². The summed E-state index contributed by atoms with van der Waals surface area (Å²) in [6.45, 7) is 0. The zero-order chi connectivity index (χ0) is 17.9. The first-order valence-electron chi connectivity index (χ1n) is 8.36. The van der Waals surface area contributed by atoms with Crippen LogP contribution in [-0.4, -0.2) is 29.3 Å². The van der Waals surface area contributed by atoms with E-state index in [-0.39, 0.29) is 11.9 Å². The molecule has 26 heavy (non-hydrogen) atoms. The van der Waals surface area contributed by atoms with Crippen molar-refractivity contribution in [3.63, 3.8) is 0 Å². The van der Waals surface area contributed by atoms with Gasteiger partial charge >= 0.3 is 5.97 Å². The quantitative estimate of drug-likeness (QED) is 0.308. The highest BCUT2D eigenvalue weighted by atomic mass is 16.6. The molecule has 0 amide bonds. The fourth-order valence-corrected chi connectivity index (χ4v) is 2.53. The summed E-state index contributed by atoms with van der Waals surface area (Å²) in [6.07, 6.45) is 3.45. The molecular weight excluding hydrogens is 332 g/mol. The Labute approximate surface area is 150 Å². The van der Waals surface area contributed by atoms with Gasteiger partial charge in [0, 0.05) is 0 Å². The molecule has 1 aliphatic rings. The predicted octanol–water partition coefficient (Wildman–Crippen LogP) is 3.33. The van der Waals surface area contributed by atoms with E-state index < -0.39 is 0 Å². The van der Waals surface area contributed by atoms with Gasteiger partial charge in [-0.25, -0.2) is 10.4 Å². The van der Waals surface area contributed by atoms with Crippen LogP contribution in [0.4, 0.5) is 5.95 Å². The largest absolute Gasteiger partial charge is 0.493 e. The third kappa shape index (κ3) is 3.51. The molecule has 3 aromatic rings. The molecule has 1 aliphatic carbocycles. The van der Waals surface area contributed by atoms with Gasteiger partial charge in [-0.15, -0.1) is 0 Å². The van der Waals surface area contributed by atoms with Gasteiger partial charge in [0.25, 0.3) is 0 Å². The fourth-order valence-electron chi connectivity index (χ4n) is 2.53. The van der Waals surface area contributed by atoms with Gasteiger partial charge in [-0.3, -0.25) is 4.79 Å². The molecular formula is C19H18N4O3. The first kappa shape index (κ1) is 16.1. The first-order chi connectivity index (χ1) is 12.7. The standard InChI is InChI=1S/C19H18N4O3/c1-25-17-10-12(6-9-16(17)26-18(24)13-7-8-13)11-20-23-19-21-14-4-2-3-5-15(14)22-19/h2-6,9-11,13H,7-8H2,1H3,(H2,21,22,23)/b20-11-. The molecule has 0 spiro atoms. The topological polar surface area (TPSA) is 88.6 Å². The Balaban J connectivity index is 1.44. The number of aromatic amines is 1. The molecule has 0 saturated heterocycles. The van der Waals surface area contributed by atoms with Crippen LogP contribution in [0.25, 0.3) is 11.0 Å². The summed E-state index contributed by atoms with van der Waals surface area (Å²) < 4.78 is 10.7. The molecule has 4 rings (SSSR count). The van der Waals surface area contributed by atoms with Crippen LogP contribution in [0.2, 0.25) is 0 Å². The van der Waals surface area contributed by atoms with Gasteiger partial charge in [-0.2, -0.15) is 5.10 Å². The van der Waals surface area contributed by atoms with Crippen LogP contribution in [0.3, 0.4) is 0 Å². The average molecular weight is 350 g/mol. The van der Waals surface area contributed by atoms with Crippen molar-refractivity contribution in [2.45, 2.75) is 12.8 Å². The fraction of sp³-hybridized carbons (Fsp3) is 0.211. The number of methoxy groups -OCH3 is 1. The minimum absolute atomic E-state index is 0.0361. The highest BCUT2D eigenvalue weighted by Crippen LogP contribution is 2.34. The van der Waals surface area contributed by atoms with Gasteiger partial charge in [-0.05, 0) is 48.7 Å². The smallest absolute Gasteiger partial charge is 0.314 e. The van der Waals surface area contributed by atoms with Crippen LogP contribution in [0, 0.1) is 5.92 Å². The maximum Gasteiger partial charge on any atom is 0.314 e. The van der Waals surface area contributed by atoms with E-state index in [2.05, 4.69) is 20.5 Å². The number of hydrogen-bond acceptors (Lipinski definition) is 6. The summed E-state index contributed by atoms with van der Waals surface area (Å²) in [5.74, 6) is 1.31. The Kier molecular flexibility index (Phi) is 4.27.